The minimum atomic E-state index is -4.43. The fraction of sp³-hybridized carbons (Fsp3) is 0.353. The molecule has 3 aromatic carbocycles. The van der Waals surface area contributed by atoms with Crippen LogP contribution >= 0.6 is 0 Å². The number of nitrogens with one attached hydrogen (secondary N) is 1. The van der Waals surface area contributed by atoms with E-state index in [9.17, 15) is 23.2 Å². The van der Waals surface area contributed by atoms with E-state index in [1.807, 2.05) is 19.1 Å². The van der Waals surface area contributed by atoms with Gasteiger partial charge in [0.05, 0.1) is 23.4 Å². The van der Waals surface area contributed by atoms with Gasteiger partial charge in [0.2, 0.25) is 0 Å². The third-order valence-corrected chi connectivity index (χ3v) is 6.97. The fourth-order valence-electron chi connectivity index (χ4n) is 4.94. The predicted octanol–water partition coefficient (Wildman–Crippen LogP) is 4.86. The minimum Gasteiger partial charge on any atom is -0.488 e. The van der Waals surface area contributed by atoms with E-state index in [1.54, 1.807) is 42.5 Å². The number of hydrogen-bond acceptors (Lipinski definition) is 9. The van der Waals surface area contributed by atoms with Gasteiger partial charge in [-0.1, -0.05) is 36.4 Å². The lowest BCUT2D eigenvalue weighted by Crippen LogP contribution is -2.32. The molecule has 1 atom stereocenters. The average molecular weight is 672 g/mol. The topological polar surface area (TPSA) is 158 Å². The maximum atomic E-state index is 12.5. The molecule has 3 N–H and O–H groups in total. The van der Waals surface area contributed by atoms with Crippen LogP contribution in [-0.2, 0) is 27.2 Å². The van der Waals surface area contributed by atoms with Crippen molar-refractivity contribution in [3.8, 4) is 17.6 Å². The summed E-state index contributed by atoms with van der Waals surface area (Å²) < 4.78 is 53.5. The first kappa shape index (κ1) is 37.2. The zero-order valence-electron chi connectivity index (χ0n) is 26.2. The number of halogens is 3. The zero-order valence-corrected chi connectivity index (χ0v) is 26.2. The highest BCUT2D eigenvalue weighted by molar-refractivity contribution is 6.27. The van der Waals surface area contributed by atoms with Crippen molar-refractivity contribution in [1.82, 2.24) is 5.32 Å². The molecule has 3 aromatic rings. The Morgan fingerprint density at radius 3 is 2.25 bits per heavy atom. The Bertz CT molecular complexity index is 1570. The predicted molar refractivity (Wildman–Crippen MR) is 168 cm³/mol. The Kier molecular flexibility index (Phi) is 14.1. The van der Waals surface area contributed by atoms with Crippen LogP contribution in [0.15, 0.2) is 66.7 Å². The molecule has 1 heterocycles. The lowest BCUT2D eigenvalue weighted by molar-refractivity contribution is -0.159. The van der Waals surface area contributed by atoms with E-state index in [0.29, 0.717) is 43.7 Å². The Morgan fingerprint density at radius 1 is 0.979 bits per heavy atom. The van der Waals surface area contributed by atoms with Gasteiger partial charge in [0, 0.05) is 25.7 Å². The smallest absolute Gasteiger partial charge is 0.422 e. The van der Waals surface area contributed by atoms with E-state index in [0.717, 1.165) is 29.8 Å². The minimum absolute atomic E-state index is 0.0484. The molecule has 1 unspecified atom stereocenters. The first-order chi connectivity index (χ1) is 22.9. The monoisotopic (exact) mass is 671 g/mol. The highest BCUT2D eigenvalue weighted by Gasteiger charge is 2.29. The molecule has 0 radical (unpaired) electrons. The number of carbonyl (C=O) groups is 3. The normalized spacial score (nSPS) is 12.5. The number of esters is 1. The average Bonchev–Trinajstić information content (AvgIpc) is 3.47. The summed E-state index contributed by atoms with van der Waals surface area (Å²) in [5.41, 5.74) is 4.30. The van der Waals surface area contributed by atoms with E-state index in [1.165, 1.54) is 6.07 Å². The molecule has 4 rings (SSSR count). The summed E-state index contributed by atoms with van der Waals surface area (Å²) in [5.74, 6) is -3.68. The summed E-state index contributed by atoms with van der Waals surface area (Å²) in [7, 11) is 0. The van der Waals surface area contributed by atoms with Crippen LogP contribution in [0.5, 0.6) is 11.5 Å². The molecule has 0 saturated carbocycles. The molecule has 0 fully saturated rings. The molecule has 0 aromatic heterocycles. The Morgan fingerprint density at radius 2 is 1.62 bits per heavy atom. The van der Waals surface area contributed by atoms with E-state index in [-0.39, 0.29) is 30.1 Å². The Balaban J connectivity index is 0.000000952. The lowest BCUT2D eigenvalue weighted by atomic mass is 9.99. The molecule has 0 saturated heterocycles. The highest BCUT2D eigenvalue weighted by atomic mass is 19.4. The molecule has 0 aliphatic carbocycles. The molecular formula is C34H36F3N3O8. The van der Waals surface area contributed by atoms with Crippen LogP contribution in [-0.4, -0.2) is 79.8 Å². The number of nitrogens with zero attached hydrogens (tertiary/aromatic N) is 2. The number of ether oxygens (including phenoxy) is 3. The summed E-state index contributed by atoms with van der Waals surface area (Å²) >= 11 is 0. The summed E-state index contributed by atoms with van der Waals surface area (Å²) in [6.45, 7) is 3.18. The second-order valence-electron chi connectivity index (χ2n) is 10.7. The Labute approximate surface area is 275 Å². The van der Waals surface area contributed by atoms with Crippen LogP contribution in [0.1, 0.15) is 40.4 Å². The van der Waals surface area contributed by atoms with Gasteiger partial charge in [-0.25, -0.2) is 14.4 Å². The second kappa shape index (κ2) is 18.2. The molecule has 1 aliphatic heterocycles. The number of para-hydroxylation sites is 2. The van der Waals surface area contributed by atoms with Gasteiger partial charge in [-0.2, -0.15) is 18.4 Å². The third-order valence-electron chi connectivity index (χ3n) is 6.97. The maximum Gasteiger partial charge on any atom is 0.422 e. The number of benzene rings is 3. The van der Waals surface area contributed by atoms with Crippen molar-refractivity contribution in [2.75, 3.05) is 44.4 Å². The zero-order chi connectivity index (χ0) is 35.1. The summed E-state index contributed by atoms with van der Waals surface area (Å²) in [6, 6.07) is 21.7. The van der Waals surface area contributed by atoms with E-state index >= 15 is 0 Å². The number of hydrogen-bond donors (Lipinski definition) is 3. The molecular weight excluding hydrogens is 635 g/mol. The van der Waals surface area contributed by atoms with Crippen LogP contribution in [0.4, 0.5) is 18.9 Å². The summed E-state index contributed by atoms with van der Waals surface area (Å²) in [4.78, 5) is 32.5. The van der Waals surface area contributed by atoms with Crippen LogP contribution in [0, 0.1) is 11.3 Å². The number of nitriles is 1. The first-order valence-corrected chi connectivity index (χ1v) is 15.0. The highest BCUT2D eigenvalue weighted by Crippen LogP contribution is 2.33. The van der Waals surface area contributed by atoms with Crippen molar-refractivity contribution in [3.05, 3.63) is 89.0 Å². The van der Waals surface area contributed by atoms with Crippen LogP contribution in [0.3, 0.4) is 0 Å². The quantitative estimate of drug-likeness (QED) is 0.122. The fourth-order valence-corrected chi connectivity index (χ4v) is 4.94. The van der Waals surface area contributed by atoms with Crippen LogP contribution < -0.4 is 19.7 Å². The number of carboxylic acid groups (broad SMARTS) is 2. The van der Waals surface area contributed by atoms with Gasteiger partial charge in [-0.3, -0.25) is 0 Å². The van der Waals surface area contributed by atoms with Crippen molar-refractivity contribution in [2.24, 2.45) is 0 Å². The van der Waals surface area contributed by atoms with Crippen LogP contribution in [0.2, 0.25) is 0 Å². The molecule has 1 aliphatic rings. The molecule has 11 nitrogen and oxygen atoms in total. The van der Waals surface area contributed by atoms with Gasteiger partial charge >= 0.3 is 24.1 Å². The third kappa shape index (κ3) is 12.1. The SMILES string of the molecule is CC(Cc1cc(C#N)c2c(c1)CCN2CCCOC(=O)c1ccccc1)NCCOc1ccccc1OCC(F)(F)F.O=C(O)C(=O)O. The van der Waals surface area contributed by atoms with E-state index < -0.39 is 24.7 Å². The van der Waals surface area contributed by atoms with Gasteiger partial charge in [-0.15, -0.1) is 0 Å². The molecule has 0 spiro atoms. The van der Waals surface area contributed by atoms with Gasteiger partial charge in [0.25, 0.3) is 0 Å². The van der Waals surface area contributed by atoms with Crippen molar-refractivity contribution in [1.29, 1.82) is 5.26 Å². The van der Waals surface area contributed by atoms with Gasteiger partial charge in [-0.05, 0) is 67.6 Å². The molecule has 48 heavy (non-hydrogen) atoms. The van der Waals surface area contributed by atoms with Crippen molar-refractivity contribution >= 4 is 23.6 Å². The number of fused-ring (bicyclic) bond motifs is 1. The lowest BCUT2D eigenvalue weighted by Gasteiger charge is -2.21. The van der Waals surface area contributed by atoms with Crippen molar-refractivity contribution < 1.29 is 52.0 Å². The number of rotatable bonds is 14. The van der Waals surface area contributed by atoms with Crippen LogP contribution in [0.25, 0.3) is 0 Å². The van der Waals surface area contributed by atoms with E-state index in [4.69, 9.17) is 34.0 Å². The maximum absolute atomic E-state index is 12.5. The molecule has 0 bridgehead atoms. The van der Waals surface area contributed by atoms with Gasteiger partial charge in [0.1, 0.15) is 12.7 Å². The summed E-state index contributed by atoms with van der Waals surface area (Å²) in [6.07, 6.45) is -2.23. The number of aliphatic carboxylic acids is 2. The van der Waals surface area contributed by atoms with Crippen molar-refractivity contribution in [2.45, 2.75) is 38.4 Å². The first-order valence-electron chi connectivity index (χ1n) is 15.0. The Hall–Kier alpha value is -5.29. The standard InChI is InChI=1S/C32H34F3N3O4.C2H2O4/c1-23(37-13-17-40-28-10-5-6-11-29(28)42-22-32(33,34)35)18-24-19-26-12-15-38(30(26)27(20-24)21-36)14-7-16-41-31(39)25-8-3-2-4-9-25;3-1(4)2(5)6/h2-6,8-11,19-20,23,37H,7,12-18,22H2,1H3;(H,3,4)(H,5,6). The molecule has 0 amide bonds. The van der Waals surface area contributed by atoms with Crippen molar-refractivity contribution in [3.63, 3.8) is 0 Å². The van der Waals surface area contributed by atoms with Gasteiger partial charge < -0.3 is 34.6 Å². The number of anilines is 1. The number of alkyl halides is 3. The second-order valence-corrected chi connectivity index (χ2v) is 10.7. The van der Waals surface area contributed by atoms with E-state index in [2.05, 4.69) is 22.4 Å². The molecule has 256 valence electrons. The largest absolute Gasteiger partial charge is 0.488 e. The number of carbonyl (C=O) groups excluding carboxylic acids is 1. The molecule has 14 heteroatoms. The summed E-state index contributed by atoms with van der Waals surface area (Å²) in [5, 5.41) is 28.0. The van der Waals surface area contributed by atoms with Gasteiger partial charge in [0.15, 0.2) is 18.1 Å². The number of carboxylic acids is 2.